The van der Waals surface area contributed by atoms with Crippen molar-refractivity contribution in [1.82, 2.24) is 0 Å². The zero-order valence-corrected chi connectivity index (χ0v) is 16.2. The Labute approximate surface area is 158 Å². The molecule has 27 heavy (non-hydrogen) atoms. The topological polar surface area (TPSA) is 26.3 Å². The van der Waals surface area contributed by atoms with Crippen LogP contribution >= 0.6 is 0 Å². The molecule has 0 saturated carbocycles. The van der Waals surface area contributed by atoms with Gasteiger partial charge in [-0.1, -0.05) is 78.1 Å². The third-order valence-corrected chi connectivity index (χ3v) is 4.47. The van der Waals surface area contributed by atoms with E-state index in [2.05, 4.69) is 11.7 Å². The van der Waals surface area contributed by atoms with Crippen LogP contribution in [0, 0.1) is 5.92 Å². The van der Waals surface area contributed by atoms with Crippen molar-refractivity contribution >= 4 is 5.97 Å². The second kappa shape index (κ2) is 13.3. The monoisotopic (exact) mass is 406 g/mol. The van der Waals surface area contributed by atoms with E-state index < -0.39 is 30.3 Å². The minimum atomic E-state index is -5.67. The van der Waals surface area contributed by atoms with E-state index in [-0.39, 0.29) is 12.8 Å². The molecule has 2 nitrogen and oxygen atoms in total. The number of esters is 1. The van der Waals surface area contributed by atoms with Gasteiger partial charge in [0.1, 0.15) is 0 Å². The molecule has 1 unspecified atom stereocenters. The number of carbonyl (C=O) groups excluding carboxylic acids is 1. The van der Waals surface area contributed by atoms with Gasteiger partial charge >= 0.3 is 18.3 Å². The maximum absolute atomic E-state index is 12.6. The molecule has 0 rings (SSSR count). The van der Waals surface area contributed by atoms with Gasteiger partial charge in [0.25, 0.3) is 6.10 Å². The van der Waals surface area contributed by atoms with Gasteiger partial charge in [-0.25, -0.2) is 0 Å². The molecule has 0 aliphatic heterocycles. The fourth-order valence-corrected chi connectivity index (χ4v) is 2.90. The summed E-state index contributed by atoms with van der Waals surface area (Å²) in [7, 11) is 0. The van der Waals surface area contributed by atoms with Gasteiger partial charge in [-0.2, -0.15) is 26.3 Å². The van der Waals surface area contributed by atoms with Gasteiger partial charge in [-0.3, -0.25) is 4.79 Å². The van der Waals surface area contributed by atoms with Gasteiger partial charge < -0.3 is 4.74 Å². The molecule has 0 aromatic rings. The molecule has 0 heterocycles. The fraction of sp³-hybridized carbons (Fsp3) is 0.947. The van der Waals surface area contributed by atoms with Crippen molar-refractivity contribution in [3.05, 3.63) is 0 Å². The summed E-state index contributed by atoms with van der Waals surface area (Å²) in [4.78, 5) is 12.1. The van der Waals surface area contributed by atoms with Crippen LogP contribution in [0.1, 0.15) is 90.9 Å². The first-order valence-electron chi connectivity index (χ1n) is 9.87. The molecule has 1 atom stereocenters. The highest BCUT2D eigenvalue weighted by molar-refractivity contribution is 5.72. The van der Waals surface area contributed by atoms with E-state index in [1.165, 1.54) is 0 Å². The fourth-order valence-electron chi connectivity index (χ4n) is 2.90. The van der Waals surface area contributed by atoms with Crippen LogP contribution in [0.4, 0.5) is 26.3 Å². The normalized spacial score (nSPS) is 13.8. The maximum Gasteiger partial charge on any atom is 0.434 e. The lowest BCUT2D eigenvalue weighted by Gasteiger charge is -2.25. The molecular weight excluding hydrogens is 374 g/mol. The number of hydrogen-bond donors (Lipinski definition) is 0. The van der Waals surface area contributed by atoms with Crippen molar-refractivity contribution in [1.29, 1.82) is 0 Å². The molecule has 0 spiro atoms. The molecule has 8 heteroatoms. The second-order valence-corrected chi connectivity index (χ2v) is 7.00. The predicted molar refractivity (Wildman–Crippen MR) is 92.2 cm³/mol. The summed E-state index contributed by atoms with van der Waals surface area (Å²) in [5.41, 5.74) is 0. The summed E-state index contributed by atoms with van der Waals surface area (Å²) in [6.07, 6.45) is -6.10. The average molecular weight is 406 g/mol. The lowest BCUT2D eigenvalue weighted by atomic mass is 9.94. The highest BCUT2D eigenvalue weighted by atomic mass is 19.4. The molecule has 162 valence electrons. The molecule has 0 aromatic carbocycles. The summed E-state index contributed by atoms with van der Waals surface area (Å²) < 4.78 is 79.6. The molecule has 0 N–H and O–H groups in total. The van der Waals surface area contributed by atoms with Gasteiger partial charge in [0, 0.05) is 0 Å². The van der Waals surface area contributed by atoms with Crippen molar-refractivity contribution in [2.24, 2.45) is 5.92 Å². The molecule has 0 fully saturated rings. The summed E-state index contributed by atoms with van der Waals surface area (Å²) in [6.45, 7) is 4.05. The predicted octanol–water partition coefficient (Wildman–Crippen LogP) is 7.36. The molecule has 0 aromatic heterocycles. The lowest BCUT2D eigenvalue weighted by Crippen LogP contribution is -2.46. The van der Waals surface area contributed by atoms with Crippen LogP contribution in [0.25, 0.3) is 0 Å². The van der Waals surface area contributed by atoms with Crippen LogP contribution in [0.5, 0.6) is 0 Å². The van der Waals surface area contributed by atoms with E-state index in [0.717, 1.165) is 51.4 Å². The number of rotatable bonds is 14. The first-order valence-corrected chi connectivity index (χ1v) is 9.87. The van der Waals surface area contributed by atoms with E-state index in [9.17, 15) is 31.1 Å². The van der Waals surface area contributed by atoms with E-state index in [4.69, 9.17) is 0 Å². The van der Waals surface area contributed by atoms with Gasteiger partial charge in [0.15, 0.2) is 0 Å². The molecule has 0 aliphatic rings. The first-order chi connectivity index (χ1) is 12.5. The Morgan fingerprint density at radius 3 is 1.48 bits per heavy atom. The quantitative estimate of drug-likeness (QED) is 0.171. The maximum atomic E-state index is 12.6. The van der Waals surface area contributed by atoms with Crippen molar-refractivity contribution in [2.75, 3.05) is 0 Å². The van der Waals surface area contributed by atoms with Gasteiger partial charge in [0.05, 0.1) is 5.92 Å². The zero-order chi connectivity index (χ0) is 20.9. The smallest absolute Gasteiger partial charge is 0.434 e. The average Bonchev–Trinajstić information content (AvgIpc) is 2.55. The van der Waals surface area contributed by atoms with Crippen molar-refractivity contribution in [3.8, 4) is 0 Å². The molecular formula is C19H32F6O2. The Bertz CT molecular complexity index is 379. The van der Waals surface area contributed by atoms with Crippen LogP contribution in [-0.2, 0) is 9.53 Å². The van der Waals surface area contributed by atoms with E-state index >= 15 is 0 Å². The highest BCUT2D eigenvalue weighted by Gasteiger charge is 2.60. The Balaban J connectivity index is 4.77. The summed E-state index contributed by atoms with van der Waals surface area (Å²) in [5, 5.41) is 0. The number of unbranched alkanes of at least 4 members (excludes halogenated alkanes) is 8. The summed E-state index contributed by atoms with van der Waals surface area (Å²) >= 11 is 0. The lowest BCUT2D eigenvalue weighted by molar-refractivity contribution is -0.314. The Kier molecular flexibility index (Phi) is 12.8. The van der Waals surface area contributed by atoms with Crippen molar-refractivity contribution in [2.45, 2.75) is 109 Å². The molecule has 0 saturated heterocycles. The number of ether oxygens (including phenoxy) is 1. The van der Waals surface area contributed by atoms with Gasteiger partial charge in [-0.05, 0) is 12.8 Å². The minimum absolute atomic E-state index is 0.260. The van der Waals surface area contributed by atoms with Gasteiger partial charge in [-0.15, -0.1) is 0 Å². The molecule has 0 bridgehead atoms. The third-order valence-electron chi connectivity index (χ3n) is 4.47. The summed E-state index contributed by atoms with van der Waals surface area (Å²) in [6, 6.07) is 0. The third kappa shape index (κ3) is 12.2. The largest absolute Gasteiger partial charge is 0.443 e. The SMILES string of the molecule is CCCCCCCCC(CCCCCC)C(=O)OC(C(F)(F)F)C(F)(F)F. The summed E-state index contributed by atoms with van der Waals surface area (Å²) in [5.74, 6) is -2.31. The first kappa shape index (κ1) is 26.1. The van der Waals surface area contributed by atoms with Crippen LogP contribution < -0.4 is 0 Å². The molecule has 0 radical (unpaired) electrons. The minimum Gasteiger partial charge on any atom is -0.443 e. The van der Waals surface area contributed by atoms with Crippen LogP contribution in [0.15, 0.2) is 0 Å². The van der Waals surface area contributed by atoms with E-state index in [1.54, 1.807) is 0 Å². The van der Waals surface area contributed by atoms with Gasteiger partial charge in [0.2, 0.25) is 0 Å². The number of alkyl halides is 6. The van der Waals surface area contributed by atoms with Crippen molar-refractivity contribution < 1.29 is 35.9 Å². The van der Waals surface area contributed by atoms with Crippen LogP contribution in [0.3, 0.4) is 0 Å². The standard InChI is InChI=1S/C19H32F6O2/c1-3-5-7-9-10-12-14-15(13-11-8-6-4-2)16(26)27-17(18(20,21)22)19(23,24)25/h15,17H,3-14H2,1-2H3. The van der Waals surface area contributed by atoms with E-state index in [1.807, 2.05) is 6.92 Å². The number of hydrogen-bond acceptors (Lipinski definition) is 2. The molecule has 0 amide bonds. The Morgan fingerprint density at radius 1 is 0.704 bits per heavy atom. The van der Waals surface area contributed by atoms with Crippen LogP contribution in [-0.4, -0.2) is 24.4 Å². The van der Waals surface area contributed by atoms with Crippen LogP contribution in [0.2, 0.25) is 0 Å². The van der Waals surface area contributed by atoms with Crippen molar-refractivity contribution in [3.63, 3.8) is 0 Å². The van der Waals surface area contributed by atoms with E-state index in [0.29, 0.717) is 12.8 Å². The Morgan fingerprint density at radius 2 is 1.07 bits per heavy atom. The number of halogens is 6. The Hall–Kier alpha value is -0.950. The molecule has 0 aliphatic carbocycles. The second-order valence-electron chi connectivity index (χ2n) is 7.00. The zero-order valence-electron chi connectivity index (χ0n) is 16.2. The highest BCUT2D eigenvalue weighted by Crippen LogP contribution is 2.36. The number of carbonyl (C=O) groups is 1.